The van der Waals surface area contributed by atoms with Crippen LogP contribution in [-0.4, -0.2) is 49.1 Å². The molecule has 0 aliphatic carbocycles. The average Bonchev–Trinajstić information content (AvgIpc) is 3.40. The van der Waals surface area contributed by atoms with Crippen molar-refractivity contribution in [1.29, 1.82) is 0 Å². The molecule has 8 nitrogen and oxygen atoms in total. The lowest BCUT2D eigenvalue weighted by Gasteiger charge is -2.33. The molecule has 8 heteroatoms. The van der Waals surface area contributed by atoms with Crippen LogP contribution in [-0.2, 0) is 9.59 Å². The summed E-state index contributed by atoms with van der Waals surface area (Å²) in [5.74, 6) is -1.37. The predicted octanol–water partition coefficient (Wildman–Crippen LogP) is 3.47. The molecule has 0 aromatic heterocycles. The number of rotatable bonds is 5. The highest BCUT2D eigenvalue weighted by Crippen LogP contribution is 2.53. The summed E-state index contributed by atoms with van der Waals surface area (Å²) in [7, 11) is 3.11. The third-order valence-corrected chi connectivity index (χ3v) is 7.27. The molecule has 2 amide bonds. The molecule has 0 spiro atoms. The summed E-state index contributed by atoms with van der Waals surface area (Å²) in [5, 5.41) is 6.25. The van der Waals surface area contributed by atoms with Crippen LogP contribution in [0.4, 0.5) is 5.69 Å². The van der Waals surface area contributed by atoms with E-state index in [4.69, 9.17) is 9.47 Å². The first-order valence-electron chi connectivity index (χ1n) is 11.6. The van der Waals surface area contributed by atoms with E-state index in [9.17, 15) is 14.4 Å². The van der Waals surface area contributed by atoms with Crippen LogP contribution in [0.25, 0.3) is 0 Å². The van der Waals surface area contributed by atoms with Gasteiger partial charge in [-0.25, -0.2) is 4.90 Å². The monoisotopic (exact) mass is 481 g/mol. The van der Waals surface area contributed by atoms with Crippen molar-refractivity contribution in [1.82, 2.24) is 5.01 Å². The molecule has 6 rings (SSSR count). The van der Waals surface area contributed by atoms with Crippen LogP contribution in [0.5, 0.6) is 11.5 Å². The van der Waals surface area contributed by atoms with Gasteiger partial charge in [0.2, 0.25) is 11.8 Å². The van der Waals surface area contributed by atoms with E-state index in [-0.39, 0.29) is 11.7 Å². The zero-order valence-electron chi connectivity index (χ0n) is 19.7. The fraction of sp³-hybridized carbons (Fsp3) is 0.214. The Bertz CT molecular complexity index is 1400. The number of benzene rings is 3. The number of nitrogens with zero attached hydrogens (tertiary/aromatic N) is 3. The van der Waals surface area contributed by atoms with E-state index in [1.54, 1.807) is 74.0 Å². The van der Waals surface area contributed by atoms with E-state index in [0.29, 0.717) is 22.7 Å². The first kappa shape index (κ1) is 22.0. The SMILES string of the molecule is COc1ccc(C(=O)[C@@H]2[C@@H]3C(=O)N(c4ccc(OC)cc4)C(=O)[C@@H]3[C@H]3c4ccccc4C=NN23)cc1. The number of hydrazone groups is 1. The smallest absolute Gasteiger partial charge is 0.240 e. The summed E-state index contributed by atoms with van der Waals surface area (Å²) in [6.07, 6.45) is 1.69. The number of hydrogen-bond acceptors (Lipinski definition) is 7. The minimum atomic E-state index is -0.919. The summed E-state index contributed by atoms with van der Waals surface area (Å²) in [4.78, 5) is 42.8. The Kier molecular flexibility index (Phi) is 5.10. The van der Waals surface area contributed by atoms with Crippen LogP contribution in [0, 0.1) is 11.8 Å². The van der Waals surface area contributed by atoms with E-state index in [1.807, 2.05) is 24.3 Å². The van der Waals surface area contributed by atoms with Gasteiger partial charge in [-0.3, -0.25) is 19.4 Å². The normalized spacial score (nSPS) is 23.8. The number of Topliss-reactive ketones (excluding diaryl/α,β-unsaturated/α-hetero) is 1. The van der Waals surface area contributed by atoms with Gasteiger partial charge in [0.1, 0.15) is 17.5 Å². The molecule has 3 aromatic carbocycles. The predicted molar refractivity (Wildman–Crippen MR) is 132 cm³/mol. The van der Waals surface area contributed by atoms with Crippen molar-refractivity contribution in [3.8, 4) is 11.5 Å². The lowest BCUT2D eigenvalue weighted by atomic mass is 9.83. The van der Waals surface area contributed by atoms with Crippen molar-refractivity contribution in [2.75, 3.05) is 19.1 Å². The molecule has 3 aliphatic heterocycles. The van der Waals surface area contributed by atoms with Gasteiger partial charge in [-0.05, 0) is 59.7 Å². The van der Waals surface area contributed by atoms with Crippen LogP contribution >= 0.6 is 0 Å². The average molecular weight is 482 g/mol. The zero-order valence-corrected chi connectivity index (χ0v) is 19.7. The molecular formula is C28H23N3O5. The highest BCUT2D eigenvalue weighted by molar-refractivity contribution is 6.24. The molecule has 0 saturated carbocycles. The third kappa shape index (κ3) is 3.14. The lowest BCUT2D eigenvalue weighted by Crippen LogP contribution is -2.44. The number of imide groups is 1. The molecule has 180 valence electrons. The second-order valence-corrected chi connectivity index (χ2v) is 9.00. The number of methoxy groups -OCH3 is 2. The molecule has 3 heterocycles. The fourth-order valence-electron chi connectivity index (χ4n) is 5.58. The summed E-state index contributed by atoms with van der Waals surface area (Å²) < 4.78 is 10.4. The quantitative estimate of drug-likeness (QED) is 0.410. The van der Waals surface area contributed by atoms with Gasteiger partial charge in [-0.2, -0.15) is 5.10 Å². The van der Waals surface area contributed by atoms with Crippen LogP contribution in [0.3, 0.4) is 0 Å². The maximum Gasteiger partial charge on any atom is 0.240 e. The van der Waals surface area contributed by atoms with Crippen molar-refractivity contribution in [3.05, 3.63) is 89.5 Å². The first-order valence-corrected chi connectivity index (χ1v) is 11.6. The minimum absolute atomic E-state index is 0.260. The number of ketones is 1. The van der Waals surface area contributed by atoms with Crippen LogP contribution < -0.4 is 14.4 Å². The largest absolute Gasteiger partial charge is 0.497 e. The Hall–Kier alpha value is -4.46. The molecule has 2 saturated heterocycles. The lowest BCUT2D eigenvalue weighted by molar-refractivity contribution is -0.124. The number of anilines is 1. The summed E-state index contributed by atoms with van der Waals surface area (Å²) in [6, 6.07) is 19.7. The van der Waals surface area contributed by atoms with E-state index >= 15 is 0 Å². The Labute approximate surface area is 207 Å². The van der Waals surface area contributed by atoms with E-state index in [0.717, 1.165) is 11.1 Å². The third-order valence-electron chi connectivity index (χ3n) is 7.27. The Balaban J connectivity index is 1.46. The van der Waals surface area contributed by atoms with E-state index in [1.165, 1.54) is 4.90 Å². The van der Waals surface area contributed by atoms with E-state index < -0.39 is 29.8 Å². The van der Waals surface area contributed by atoms with Gasteiger partial charge in [0.05, 0.1) is 44.0 Å². The molecule has 0 N–H and O–H groups in total. The number of carbonyl (C=O) groups excluding carboxylic acids is 3. The number of fused-ring (bicyclic) bond motifs is 5. The zero-order chi connectivity index (χ0) is 25.0. The molecule has 0 unspecified atom stereocenters. The Morgan fingerprint density at radius 2 is 1.42 bits per heavy atom. The van der Waals surface area contributed by atoms with Gasteiger partial charge in [0.25, 0.3) is 0 Å². The summed E-state index contributed by atoms with van der Waals surface area (Å²) in [6.45, 7) is 0. The topological polar surface area (TPSA) is 88.5 Å². The molecule has 3 aromatic rings. The number of amides is 2. The van der Waals surface area contributed by atoms with Gasteiger partial charge < -0.3 is 9.47 Å². The van der Waals surface area contributed by atoms with Gasteiger partial charge >= 0.3 is 0 Å². The highest BCUT2D eigenvalue weighted by atomic mass is 16.5. The first-order chi connectivity index (χ1) is 17.5. The Morgan fingerprint density at radius 1 is 0.806 bits per heavy atom. The van der Waals surface area contributed by atoms with Crippen molar-refractivity contribution >= 4 is 29.5 Å². The van der Waals surface area contributed by atoms with Crippen molar-refractivity contribution in [2.24, 2.45) is 16.9 Å². The number of hydrogen-bond donors (Lipinski definition) is 0. The van der Waals surface area contributed by atoms with Crippen LogP contribution in [0.15, 0.2) is 77.9 Å². The molecule has 0 bridgehead atoms. The van der Waals surface area contributed by atoms with Crippen molar-refractivity contribution in [3.63, 3.8) is 0 Å². The second-order valence-electron chi connectivity index (χ2n) is 9.00. The fourth-order valence-corrected chi connectivity index (χ4v) is 5.58. The molecule has 4 atom stereocenters. The summed E-state index contributed by atoms with van der Waals surface area (Å²) in [5.41, 5.74) is 2.64. The molecular weight excluding hydrogens is 458 g/mol. The van der Waals surface area contributed by atoms with Gasteiger partial charge in [0.15, 0.2) is 5.78 Å². The molecule has 3 aliphatic rings. The van der Waals surface area contributed by atoms with Gasteiger partial charge in [0, 0.05) is 5.56 Å². The summed E-state index contributed by atoms with van der Waals surface area (Å²) >= 11 is 0. The number of ether oxygens (including phenoxy) is 2. The highest BCUT2D eigenvalue weighted by Gasteiger charge is 2.65. The molecule has 0 radical (unpaired) electrons. The van der Waals surface area contributed by atoms with Crippen molar-refractivity contribution < 1.29 is 23.9 Å². The molecule has 36 heavy (non-hydrogen) atoms. The standard InChI is InChI=1S/C28H23N3O5/c1-35-19-11-7-16(8-12-19)26(32)25-23-22(24-21-6-4-3-5-17(21)15-29-31(24)25)27(33)30(28(23)34)18-9-13-20(36-2)14-10-18/h3-15,22-25H,1-2H3/t22-,23+,24+,25-/m0/s1. The van der Waals surface area contributed by atoms with Gasteiger partial charge in [-0.1, -0.05) is 24.3 Å². The Morgan fingerprint density at radius 3 is 2.08 bits per heavy atom. The molecule has 2 fully saturated rings. The van der Waals surface area contributed by atoms with Gasteiger partial charge in [-0.15, -0.1) is 0 Å². The second kappa shape index (κ2) is 8.34. The van der Waals surface area contributed by atoms with Crippen molar-refractivity contribution in [2.45, 2.75) is 12.1 Å². The maximum atomic E-state index is 13.9. The van der Waals surface area contributed by atoms with Crippen LogP contribution in [0.2, 0.25) is 0 Å². The number of carbonyl (C=O) groups is 3. The minimum Gasteiger partial charge on any atom is -0.497 e. The van der Waals surface area contributed by atoms with Crippen LogP contribution in [0.1, 0.15) is 27.5 Å². The maximum absolute atomic E-state index is 13.9. The van der Waals surface area contributed by atoms with E-state index in [2.05, 4.69) is 5.10 Å².